The molecule has 1 aliphatic carbocycles. The molecule has 4 heteroatoms. The van der Waals surface area contributed by atoms with Crippen LogP contribution >= 0.6 is 12.4 Å². The van der Waals surface area contributed by atoms with Crippen LogP contribution in [0.25, 0.3) is 0 Å². The largest absolute Gasteiger partial charge is 0.349 e. The van der Waals surface area contributed by atoms with E-state index in [0.29, 0.717) is 5.92 Å². The molecule has 2 atom stereocenters. The van der Waals surface area contributed by atoms with Crippen molar-refractivity contribution in [3.05, 3.63) is 35.9 Å². The van der Waals surface area contributed by atoms with Gasteiger partial charge >= 0.3 is 0 Å². The van der Waals surface area contributed by atoms with Crippen molar-refractivity contribution in [3.63, 3.8) is 0 Å². The predicted octanol–water partition coefficient (Wildman–Crippen LogP) is 2.68. The third-order valence-electron chi connectivity index (χ3n) is 4.51. The molecule has 1 aliphatic heterocycles. The normalized spacial score (nSPS) is 23.5. The van der Waals surface area contributed by atoms with Crippen molar-refractivity contribution in [2.45, 2.75) is 31.7 Å². The fourth-order valence-corrected chi connectivity index (χ4v) is 3.06. The second kappa shape index (κ2) is 7.09. The highest BCUT2D eigenvalue weighted by Crippen LogP contribution is 2.37. The number of carbonyl (C=O) groups excluding carboxylic acids is 1. The Morgan fingerprint density at radius 1 is 1.20 bits per heavy atom. The van der Waals surface area contributed by atoms with Crippen LogP contribution in [-0.2, 0) is 4.79 Å². The van der Waals surface area contributed by atoms with Crippen molar-refractivity contribution in [3.8, 4) is 0 Å². The van der Waals surface area contributed by atoms with Crippen molar-refractivity contribution in [2.24, 2.45) is 11.8 Å². The van der Waals surface area contributed by atoms with Gasteiger partial charge in [0.05, 0.1) is 12.0 Å². The molecule has 2 unspecified atom stereocenters. The minimum atomic E-state index is 0. The van der Waals surface area contributed by atoms with Crippen LogP contribution in [0.1, 0.15) is 37.3 Å². The number of carbonyl (C=O) groups is 1. The molecule has 1 aromatic rings. The molecule has 1 saturated carbocycles. The summed E-state index contributed by atoms with van der Waals surface area (Å²) in [7, 11) is 0. The Morgan fingerprint density at radius 2 is 1.95 bits per heavy atom. The summed E-state index contributed by atoms with van der Waals surface area (Å²) in [6.45, 7) is 1.80. The van der Waals surface area contributed by atoms with Gasteiger partial charge in [0.25, 0.3) is 0 Å². The molecule has 110 valence electrons. The quantitative estimate of drug-likeness (QED) is 0.896. The van der Waals surface area contributed by atoms with Gasteiger partial charge in [-0.05, 0) is 37.3 Å². The monoisotopic (exact) mass is 294 g/mol. The number of benzene rings is 1. The third kappa shape index (κ3) is 3.33. The molecule has 0 radical (unpaired) electrons. The van der Waals surface area contributed by atoms with E-state index in [0.717, 1.165) is 19.5 Å². The van der Waals surface area contributed by atoms with Gasteiger partial charge in [0, 0.05) is 6.54 Å². The van der Waals surface area contributed by atoms with E-state index in [1.807, 2.05) is 6.07 Å². The van der Waals surface area contributed by atoms with Crippen molar-refractivity contribution < 1.29 is 4.79 Å². The Morgan fingerprint density at radius 3 is 2.50 bits per heavy atom. The first kappa shape index (κ1) is 15.3. The lowest BCUT2D eigenvalue weighted by molar-refractivity contribution is -0.125. The lowest BCUT2D eigenvalue weighted by Gasteiger charge is -2.35. The number of amides is 1. The first-order chi connectivity index (χ1) is 9.34. The standard InChI is InChI=1S/C16H22N2O.ClH/c19-16(14-9-10-17-11-14)18-15(13-7-4-8-13)12-5-2-1-3-6-12;/h1-3,5-6,13-15,17H,4,7-11H2,(H,18,19);1H. The van der Waals surface area contributed by atoms with Gasteiger partial charge in [-0.2, -0.15) is 0 Å². The highest BCUT2D eigenvalue weighted by molar-refractivity contribution is 5.85. The van der Waals surface area contributed by atoms with Crippen LogP contribution in [0.3, 0.4) is 0 Å². The van der Waals surface area contributed by atoms with E-state index in [2.05, 4.69) is 34.9 Å². The van der Waals surface area contributed by atoms with Gasteiger partial charge in [-0.15, -0.1) is 12.4 Å². The summed E-state index contributed by atoms with van der Waals surface area (Å²) in [4.78, 5) is 12.3. The predicted molar refractivity (Wildman–Crippen MR) is 82.9 cm³/mol. The Labute approximate surface area is 126 Å². The minimum absolute atomic E-state index is 0. The molecule has 0 bridgehead atoms. The number of halogens is 1. The van der Waals surface area contributed by atoms with Crippen molar-refractivity contribution in [2.75, 3.05) is 13.1 Å². The zero-order chi connectivity index (χ0) is 13.1. The molecule has 2 N–H and O–H groups in total. The first-order valence-electron chi connectivity index (χ1n) is 7.40. The average molecular weight is 295 g/mol. The van der Waals surface area contributed by atoms with Gasteiger partial charge in [0.1, 0.15) is 0 Å². The Balaban J connectivity index is 0.00000147. The summed E-state index contributed by atoms with van der Waals surface area (Å²) in [5, 5.41) is 6.56. The van der Waals surface area contributed by atoms with E-state index in [9.17, 15) is 4.79 Å². The van der Waals surface area contributed by atoms with Crippen LogP contribution in [0.2, 0.25) is 0 Å². The van der Waals surface area contributed by atoms with Crippen LogP contribution in [0, 0.1) is 11.8 Å². The van der Waals surface area contributed by atoms with Crippen LogP contribution in [0.5, 0.6) is 0 Å². The van der Waals surface area contributed by atoms with Gasteiger partial charge in [0.15, 0.2) is 0 Å². The van der Waals surface area contributed by atoms with Crippen molar-refractivity contribution in [1.29, 1.82) is 0 Å². The SMILES string of the molecule is Cl.O=C(NC(c1ccccc1)C1CCC1)C1CCNC1. The molecule has 2 aliphatic rings. The summed E-state index contributed by atoms with van der Waals surface area (Å²) in [5.41, 5.74) is 1.26. The van der Waals surface area contributed by atoms with Crippen LogP contribution < -0.4 is 10.6 Å². The Bertz CT molecular complexity index is 427. The average Bonchev–Trinajstić information content (AvgIpc) is 2.91. The molecule has 3 nitrogen and oxygen atoms in total. The third-order valence-corrected chi connectivity index (χ3v) is 4.51. The molecule has 1 amide bonds. The van der Waals surface area contributed by atoms with E-state index in [1.165, 1.54) is 24.8 Å². The van der Waals surface area contributed by atoms with Crippen LogP contribution in [0.4, 0.5) is 0 Å². The van der Waals surface area contributed by atoms with Crippen molar-refractivity contribution >= 4 is 18.3 Å². The second-order valence-corrected chi connectivity index (χ2v) is 5.78. The molecule has 0 spiro atoms. The topological polar surface area (TPSA) is 41.1 Å². The molecular weight excluding hydrogens is 272 g/mol. The van der Waals surface area contributed by atoms with Gasteiger partial charge in [0.2, 0.25) is 5.91 Å². The fraction of sp³-hybridized carbons (Fsp3) is 0.562. The van der Waals surface area contributed by atoms with Gasteiger partial charge in [-0.3, -0.25) is 4.79 Å². The summed E-state index contributed by atoms with van der Waals surface area (Å²) in [6, 6.07) is 10.6. The summed E-state index contributed by atoms with van der Waals surface area (Å²) in [5.74, 6) is 1.01. The Kier molecular flexibility index (Phi) is 5.44. The first-order valence-corrected chi connectivity index (χ1v) is 7.40. The molecule has 1 aromatic carbocycles. The number of hydrogen-bond acceptors (Lipinski definition) is 2. The highest BCUT2D eigenvalue weighted by Gasteiger charge is 2.32. The fourth-order valence-electron chi connectivity index (χ4n) is 3.06. The van der Waals surface area contributed by atoms with Gasteiger partial charge in [-0.1, -0.05) is 36.8 Å². The van der Waals surface area contributed by atoms with E-state index in [4.69, 9.17) is 0 Å². The lowest BCUT2D eigenvalue weighted by atomic mass is 9.77. The zero-order valence-corrected chi connectivity index (χ0v) is 12.5. The maximum Gasteiger partial charge on any atom is 0.224 e. The minimum Gasteiger partial charge on any atom is -0.349 e. The number of rotatable bonds is 4. The molecule has 0 aromatic heterocycles. The molecule has 1 heterocycles. The highest BCUT2D eigenvalue weighted by atomic mass is 35.5. The zero-order valence-electron chi connectivity index (χ0n) is 11.7. The lowest BCUT2D eigenvalue weighted by Crippen LogP contribution is -2.40. The number of nitrogens with one attached hydrogen (secondary N) is 2. The number of hydrogen-bond donors (Lipinski definition) is 2. The van der Waals surface area contributed by atoms with E-state index in [1.54, 1.807) is 0 Å². The smallest absolute Gasteiger partial charge is 0.224 e. The van der Waals surface area contributed by atoms with Crippen LogP contribution in [-0.4, -0.2) is 19.0 Å². The summed E-state index contributed by atoms with van der Waals surface area (Å²) >= 11 is 0. The molecular formula is C16H23ClN2O. The van der Waals surface area contributed by atoms with Crippen LogP contribution in [0.15, 0.2) is 30.3 Å². The molecule has 20 heavy (non-hydrogen) atoms. The van der Waals surface area contributed by atoms with E-state index >= 15 is 0 Å². The van der Waals surface area contributed by atoms with E-state index in [-0.39, 0.29) is 30.3 Å². The van der Waals surface area contributed by atoms with Gasteiger partial charge in [-0.25, -0.2) is 0 Å². The summed E-state index contributed by atoms with van der Waals surface area (Å²) < 4.78 is 0. The maximum atomic E-state index is 12.3. The van der Waals surface area contributed by atoms with Gasteiger partial charge < -0.3 is 10.6 Å². The maximum absolute atomic E-state index is 12.3. The molecule has 1 saturated heterocycles. The van der Waals surface area contributed by atoms with E-state index < -0.39 is 0 Å². The molecule has 2 fully saturated rings. The second-order valence-electron chi connectivity index (χ2n) is 5.78. The summed E-state index contributed by atoms with van der Waals surface area (Å²) in [6.07, 6.45) is 4.75. The molecule has 3 rings (SSSR count). The van der Waals surface area contributed by atoms with Crippen molar-refractivity contribution in [1.82, 2.24) is 10.6 Å². The Hall–Kier alpha value is -1.06.